The molecule has 0 bridgehead atoms. The van der Waals surface area contributed by atoms with E-state index in [9.17, 15) is 13.5 Å². The molecule has 166 valence electrons. The van der Waals surface area contributed by atoms with E-state index in [1.807, 2.05) is 31.9 Å². The van der Waals surface area contributed by atoms with Crippen LogP contribution in [0.4, 0.5) is 17.2 Å². The molecular formula is C22H29N5O3S. The van der Waals surface area contributed by atoms with Crippen molar-refractivity contribution in [1.82, 2.24) is 9.88 Å². The summed E-state index contributed by atoms with van der Waals surface area (Å²) in [4.78, 5) is 11.3. The Labute approximate surface area is 183 Å². The lowest BCUT2D eigenvalue weighted by molar-refractivity contribution is 0.208. The van der Waals surface area contributed by atoms with Crippen molar-refractivity contribution in [3.8, 4) is 11.3 Å². The number of pyridine rings is 1. The van der Waals surface area contributed by atoms with Crippen molar-refractivity contribution in [3.05, 3.63) is 36.4 Å². The van der Waals surface area contributed by atoms with Crippen LogP contribution in [0.1, 0.15) is 26.3 Å². The largest absolute Gasteiger partial charge is 0.392 e. The van der Waals surface area contributed by atoms with E-state index in [2.05, 4.69) is 22.2 Å². The molecule has 3 N–H and O–H groups in total. The summed E-state index contributed by atoms with van der Waals surface area (Å²) in [5.41, 5.74) is 4.01. The number of aliphatic imine (C=N–C) groups is 1. The first-order valence-corrected chi connectivity index (χ1v) is 11.9. The summed E-state index contributed by atoms with van der Waals surface area (Å²) in [5.74, 6) is 0.647. The molecule has 3 rings (SSSR count). The number of fused-ring (bicyclic) bond motifs is 1. The zero-order chi connectivity index (χ0) is 22.9. The molecule has 31 heavy (non-hydrogen) atoms. The number of nitrogens with zero attached hydrogens (tertiary/aromatic N) is 3. The Morgan fingerprint density at radius 3 is 2.55 bits per heavy atom. The van der Waals surface area contributed by atoms with Crippen LogP contribution in [-0.4, -0.2) is 61.7 Å². The SMILES string of the molecule is C=C1c2c(cc(-c3ccc(NC[C@H](C)O)c(S(C)(=O)=O)c3)nc2NC(C)C)N=CN1C. The Morgan fingerprint density at radius 1 is 1.23 bits per heavy atom. The molecule has 0 saturated heterocycles. The number of aliphatic hydroxyl groups excluding tert-OH is 1. The van der Waals surface area contributed by atoms with Crippen LogP contribution >= 0.6 is 0 Å². The maximum Gasteiger partial charge on any atom is 0.177 e. The van der Waals surface area contributed by atoms with E-state index in [1.165, 1.54) is 0 Å². The number of sulfone groups is 1. The number of benzene rings is 1. The molecular weight excluding hydrogens is 414 g/mol. The molecule has 0 saturated carbocycles. The Morgan fingerprint density at radius 2 is 1.94 bits per heavy atom. The molecule has 0 fully saturated rings. The number of anilines is 2. The first kappa shape index (κ1) is 22.8. The van der Waals surface area contributed by atoms with Crippen molar-refractivity contribution in [2.24, 2.45) is 4.99 Å². The minimum Gasteiger partial charge on any atom is -0.392 e. The third-order valence-electron chi connectivity index (χ3n) is 4.77. The highest BCUT2D eigenvalue weighted by atomic mass is 32.2. The van der Waals surface area contributed by atoms with E-state index in [4.69, 9.17) is 4.98 Å². The van der Waals surface area contributed by atoms with Crippen molar-refractivity contribution in [1.29, 1.82) is 0 Å². The Bertz CT molecular complexity index is 1140. The van der Waals surface area contributed by atoms with Gasteiger partial charge in [-0.2, -0.15) is 0 Å². The lowest BCUT2D eigenvalue weighted by atomic mass is 10.0. The van der Waals surface area contributed by atoms with Gasteiger partial charge in [-0.05, 0) is 39.0 Å². The van der Waals surface area contributed by atoms with Gasteiger partial charge >= 0.3 is 0 Å². The van der Waals surface area contributed by atoms with E-state index in [1.54, 1.807) is 31.5 Å². The fraction of sp³-hybridized carbons (Fsp3) is 0.364. The first-order chi connectivity index (χ1) is 14.5. The maximum atomic E-state index is 12.4. The third kappa shape index (κ3) is 5.05. The zero-order valence-electron chi connectivity index (χ0n) is 18.5. The topological polar surface area (TPSA) is 107 Å². The fourth-order valence-corrected chi connectivity index (χ4v) is 4.11. The highest BCUT2D eigenvalue weighted by Gasteiger charge is 2.22. The maximum absolute atomic E-state index is 12.4. The smallest absolute Gasteiger partial charge is 0.177 e. The minimum atomic E-state index is -3.51. The van der Waals surface area contributed by atoms with Gasteiger partial charge in [-0.1, -0.05) is 12.6 Å². The molecule has 0 unspecified atom stereocenters. The molecule has 0 radical (unpaired) electrons. The van der Waals surface area contributed by atoms with Gasteiger partial charge < -0.3 is 20.6 Å². The molecule has 0 amide bonds. The number of rotatable bonds is 7. The molecule has 1 atom stereocenters. The van der Waals surface area contributed by atoms with Gasteiger partial charge in [0.15, 0.2) is 9.84 Å². The van der Waals surface area contributed by atoms with Crippen LogP contribution in [0.3, 0.4) is 0 Å². The third-order valence-corrected chi connectivity index (χ3v) is 5.91. The van der Waals surface area contributed by atoms with Crippen molar-refractivity contribution >= 4 is 39.1 Å². The van der Waals surface area contributed by atoms with Gasteiger partial charge in [-0.3, -0.25) is 0 Å². The number of nitrogens with one attached hydrogen (secondary N) is 2. The van der Waals surface area contributed by atoms with Gasteiger partial charge in [0.1, 0.15) is 5.82 Å². The predicted octanol–water partition coefficient (Wildman–Crippen LogP) is 3.34. The highest BCUT2D eigenvalue weighted by Crippen LogP contribution is 2.39. The van der Waals surface area contributed by atoms with E-state index < -0.39 is 15.9 Å². The number of hydrogen-bond donors (Lipinski definition) is 3. The predicted molar refractivity (Wildman–Crippen MR) is 127 cm³/mol. The van der Waals surface area contributed by atoms with Crippen LogP contribution in [0.2, 0.25) is 0 Å². The van der Waals surface area contributed by atoms with E-state index >= 15 is 0 Å². The average Bonchev–Trinajstić information content (AvgIpc) is 2.67. The second-order valence-electron chi connectivity index (χ2n) is 8.06. The molecule has 1 aliphatic heterocycles. The second-order valence-corrected chi connectivity index (χ2v) is 10.0. The van der Waals surface area contributed by atoms with Gasteiger partial charge in [0.25, 0.3) is 0 Å². The number of aliphatic hydroxyl groups is 1. The van der Waals surface area contributed by atoms with E-state index in [0.29, 0.717) is 28.5 Å². The van der Waals surface area contributed by atoms with Crippen LogP contribution in [-0.2, 0) is 9.84 Å². The van der Waals surface area contributed by atoms with Crippen molar-refractivity contribution in [2.75, 3.05) is 30.5 Å². The summed E-state index contributed by atoms with van der Waals surface area (Å²) in [6.07, 6.45) is 2.25. The Kier molecular flexibility index (Phi) is 6.38. The van der Waals surface area contributed by atoms with Crippen molar-refractivity contribution in [2.45, 2.75) is 37.8 Å². The molecule has 8 nitrogen and oxygen atoms in total. The lowest BCUT2D eigenvalue weighted by Crippen LogP contribution is -2.20. The quantitative estimate of drug-likeness (QED) is 0.602. The number of hydrogen-bond acceptors (Lipinski definition) is 8. The summed E-state index contributed by atoms with van der Waals surface area (Å²) >= 11 is 0. The number of aromatic nitrogens is 1. The minimum absolute atomic E-state index is 0.134. The molecule has 9 heteroatoms. The molecule has 1 aliphatic rings. The highest BCUT2D eigenvalue weighted by molar-refractivity contribution is 7.90. The van der Waals surface area contributed by atoms with E-state index in [-0.39, 0.29) is 17.5 Å². The zero-order valence-corrected chi connectivity index (χ0v) is 19.3. The summed E-state index contributed by atoms with van der Waals surface area (Å²) in [6.45, 7) is 10.1. The molecule has 1 aromatic carbocycles. The monoisotopic (exact) mass is 443 g/mol. The van der Waals surface area contributed by atoms with E-state index in [0.717, 1.165) is 17.5 Å². The first-order valence-electron chi connectivity index (χ1n) is 10.0. The summed E-state index contributed by atoms with van der Waals surface area (Å²) in [5, 5.41) is 15.9. The van der Waals surface area contributed by atoms with Crippen molar-refractivity contribution in [3.63, 3.8) is 0 Å². The summed E-state index contributed by atoms with van der Waals surface area (Å²) in [7, 11) is -1.64. The summed E-state index contributed by atoms with van der Waals surface area (Å²) in [6, 6.07) is 7.07. The normalized spacial score (nSPS) is 14.5. The molecule has 1 aromatic heterocycles. The van der Waals surface area contributed by atoms with Crippen molar-refractivity contribution < 1.29 is 13.5 Å². The van der Waals surface area contributed by atoms with Gasteiger partial charge in [0, 0.05) is 37.2 Å². The fourth-order valence-electron chi connectivity index (χ4n) is 3.23. The molecule has 2 heterocycles. The van der Waals surface area contributed by atoms with Crippen LogP contribution in [0.25, 0.3) is 17.0 Å². The van der Waals surface area contributed by atoms with Gasteiger partial charge in [0.2, 0.25) is 0 Å². The van der Waals surface area contributed by atoms with Crippen LogP contribution in [0, 0.1) is 0 Å². The average molecular weight is 444 g/mol. The standard InChI is InChI=1S/C22H29N5O3S/c1-13(2)25-22-21-15(4)27(5)12-24-19(21)10-18(26-22)16-7-8-17(23-11-14(3)28)20(9-16)31(6,29)30/h7-10,12-14,23,28H,4,11H2,1-3,5-6H3,(H,25,26)/t14-/m0/s1. The second kappa shape index (κ2) is 8.68. The molecule has 0 spiro atoms. The van der Waals surface area contributed by atoms with Crippen LogP contribution in [0.5, 0.6) is 0 Å². The van der Waals surface area contributed by atoms with Crippen LogP contribution < -0.4 is 10.6 Å². The lowest BCUT2D eigenvalue weighted by Gasteiger charge is -2.26. The molecule has 0 aliphatic carbocycles. The Balaban J connectivity index is 2.15. The summed E-state index contributed by atoms with van der Waals surface area (Å²) < 4.78 is 24.9. The molecule has 2 aromatic rings. The van der Waals surface area contributed by atoms with Gasteiger partial charge in [-0.25, -0.2) is 18.4 Å². The Hall–Kier alpha value is -2.91. The van der Waals surface area contributed by atoms with Gasteiger partial charge in [0.05, 0.1) is 40.0 Å². The van der Waals surface area contributed by atoms with Crippen LogP contribution in [0.15, 0.2) is 40.7 Å². The van der Waals surface area contributed by atoms with Gasteiger partial charge in [-0.15, -0.1) is 0 Å².